The Kier molecular flexibility index (Phi) is 5.58. The number of thioether (sulfide) groups is 1. The normalized spacial score (nSPS) is 12.9. The Morgan fingerprint density at radius 2 is 2.00 bits per heavy atom. The molecule has 0 aliphatic carbocycles. The summed E-state index contributed by atoms with van der Waals surface area (Å²) in [4.78, 5) is 12.2. The van der Waals surface area contributed by atoms with E-state index in [1.807, 2.05) is 0 Å². The van der Waals surface area contributed by atoms with Crippen LogP contribution in [0.5, 0.6) is 0 Å². The highest BCUT2D eigenvalue weighted by Crippen LogP contribution is 2.35. The Morgan fingerprint density at radius 3 is 2.58 bits per heavy atom. The highest BCUT2D eigenvalue weighted by Gasteiger charge is 2.33. The summed E-state index contributed by atoms with van der Waals surface area (Å²) in [6.45, 7) is 5.23. The fourth-order valence-electron chi connectivity index (χ4n) is 2.07. The minimum atomic E-state index is -4.52. The maximum Gasteiger partial charge on any atom is 0.418 e. The van der Waals surface area contributed by atoms with E-state index in [1.165, 1.54) is 30.0 Å². The van der Waals surface area contributed by atoms with Gasteiger partial charge in [-0.3, -0.25) is 4.79 Å². The zero-order valence-corrected chi connectivity index (χ0v) is 14.2. The number of benzene rings is 1. The first-order valence-electron chi connectivity index (χ1n) is 7.20. The molecule has 0 spiro atoms. The van der Waals surface area contributed by atoms with Crippen molar-refractivity contribution in [3.8, 4) is 0 Å². The topological polar surface area (TPSA) is 55.1 Å². The molecular weight excluding hydrogens is 341 g/mol. The summed E-state index contributed by atoms with van der Waals surface area (Å²) in [5.74, 6) is 0.690. The molecule has 130 valence electrons. The first-order valence-corrected chi connectivity index (χ1v) is 8.25. The SMILES string of the molecule is Cc1noc(C)c1CSC(C)C(=O)Nc1ccccc1C(F)(F)F. The third-order valence-electron chi connectivity index (χ3n) is 3.52. The lowest BCUT2D eigenvalue weighted by atomic mass is 10.1. The average molecular weight is 358 g/mol. The van der Waals surface area contributed by atoms with Gasteiger partial charge in [-0.05, 0) is 32.9 Å². The second-order valence-corrected chi connectivity index (χ2v) is 6.62. The van der Waals surface area contributed by atoms with Crippen LogP contribution in [0.25, 0.3) is 0 Å². The van der Waals surface area contributed by atoms with E-state index < -0.39 is 22.9 Å². The van der Waals surface area contributed by atoms with Gasteiger partial charge in [0.15, 0.2) is 0 Å². The molecule has 2 aromatic rings. The predicted octanol–water partition coefficient (Wildman–Crippen LogP) is 4.57. The Bertz CT molecular complexity index is 709. The fourth-order valence-corrected chi connectivity index (χ4v) is 3.10. The Morgan fingerprint density at radius 1 is 1.33 bits per heavy atom. The third kappa shape index (κ3) is 4.31. The van der Waals surface area contributed by atoms with Gasteiger partial charge >= 0.3 is 6.18 Å². The van der Waals surface area contributed by atoms with Crippen LogP contribution in [0.15, 0.2) is 28.8 Å². The van der Waals surface area contributed by atoms with Crippen molar-refractivity contribution in [3.63, 3.8) is 0 Å². The molecule has 1 unspecified atom stereocenters. The van der Waals surface area contributed by atoms with Gasteiger partial charge in [0.05, 0.1) is 22.2 Å². The Labute approximate surface area is 141 Å². The van der Waals surface area contributed by atoms with Crippen LogP contribution in [0, 0.1) is 13.8 Å². The average Bonchev–Trinajstić information content (AvgIpc) is 2.83. The van der Waals surface area contributed by atoms with Crippen LogP contribution in [0.2, 0.25) is 0 Å². The Balaban J connectivity index is 2.02. The van der Waals surface area contributed by atoms with Crippen molar-refractivity contribution in [3.05, 3.63) is 46.8 Å². The molecule has 8 heteroatoms. The first-order chi connectivity index (χ1) is 11.2. The maximum atomic E-state index is 12.9. The standard InChI is InChI=1S/C16H17F3N2O2S/c1-9-12(10(2)23-21-9)8-24-11(3)15(22)20-14-7-5-4-6-13(14)16(17,18)19/h4-7,11H,8H2,1-3H3,(H,20,22). The van der Waals surface area contributed by atoms with E-state index in [0.29, 0.717) is 11.5 Å². The maximum absolute atomic E-state index is 12.9. The largest absolute Gasteiger partial charge is 0.418 e. The number of para-hydroxylation sites is 1. The summed E-state index contributed by atoms with van der Waals surface area (Å²) in [7, 11) is 0. The third-order valence-corrected chi connectivity index (χ3v) is 4.69. The fraction of sp³-hybridized carbons (Fsp3) is 0.375. The number of nitrogens with one attached hydrogen (secondary N) is 1. The second kappa shape index (κ2) is 7.29. The van der Waals surface area contributed by atoms with E-state index in [9.17, 15) is 18.0 Å². The number of rotatable bonds is 5. The minimum absolute atomic E-state index is 0.236. The van der Waals surface area contributed by atoms with Crippen LogP contribution in [0.3, 0.4) is 0 Å². The summed E-state index contributed by atoms with van der Waals surface area (Å²) in [6.07, 6.45) is -4.52. The predicted molar refractivity (Wildman–Crippen MR) is 86.8 cm³/mol. The van der Waals surface area contributed by atoms with Crippen LogP contribution < -0.4 is 5.32 Å². The quantitative estimate of drug-likeness (QED) is 0.851. The van der Waals surface area contributed by atoms with Crippen molar-refractivity contribution in [2.45, 2.75) is 38.0 Å². The van der Waals surface area contributed by atoms with E-state index in [2.05, 4.69) is 10.5 Å². The molecule has 1 heterocycles. The van der Waals surface area contributed by atoms with Gasteiger partial charge in [-0.25, -0.2) is 0 Å². The number of halogens is 3. The van der Waals surface area contributed by atoms with Crippen LogP contribution >= 0.6 is 11.8 Å². The number of nitrogens with zero attached hydrogens (tertiary/aromatic N) is 1. The molecule has 1 aromatic heterocycles. The molecule has 1 atom stereocenters. The number of aryl methyl sites for hydroxylation is 2. The van der Waals surface area contributed by atoms with Gasteiger partial charge < -0.3 is 9.84 Å². The molecule has 0 fully saturated rings. The molecule has 1 amide bonds. The molecule has 1 N–H and O–H groups in total. The lowest BCUT2D eigenvalue weighted by Gasteiger charge is -2.16. The zero-order valence-electron chi connectivity index (χ0n) is 13.4. The van der Waals surface area contributed by atoms with E-state index in [-0.39, 0.29) is 5.69 Å². The minimum Gasteiger partial charge on any atom is -0.361 e. The van der Waals surface area contributed by atoms with E-state index in [1.54, 1.807) is 20.8 Å². The van der Waals surface area contributed by atoms with Gasteiger partial charge in [0.25, 0.3) is 0 Å². The molecule has 24 heavy (non-hydrogen) atoms. The molecule has 0 aliphatic rings. The molecular formula is C16H17F3N2O2S. The lowest BCUT2D eigenvalue weighted by Crippen LogP contribution is -2.24. The van der Waals surface area contributed by atoms with E-state index in [4.69, 9.17) is 4.52 Å². The van der Waals surface area contributed by atoms with Crippen LogP contribution in [-0.2, 0) is 16.7 Å². The number of carbonyl (C=O) groups excluding carboxylic acids is 1. The number of alkyl halides is 3. The molecule has 0 saturated heterocycles. The molecule has 1 aromatic carbocycles. The molecule has 0 bridgehead atoms. The number of anilines is 1. The van der Waals surface area contributed by atoms with E-state index in [0.717, 1.165) is 17.3 Å². The van der Waals surface area contributed by atoms with Crippen molar-refractivity contribution in [1.82, 2.24) is 5.16 Å². The van der Waals surface area contributed by atoms with Crippen molar-refractivity contribution < 1.29 is 22.5 Å². The van der Waals surface area contributed by atoms with Crippen molar-refractivity contribution in [2.75, 3.05) is 5.32 Å². The van der Waals surface area contributed by atoms with Gasteiger partial charge in [0.2, 0.25) is 5.91 Å². The molecule has 0 radical (unpaired) electrons. The smallest absolute Gasteiger partial charge is 0.361 e. The van der Waals surface area contributed by atoms with Crippen LogP contribution in [0.4, 0.5) is 18.9 Å². The van der Waals surface area contributed by atoms with Crippen molar-refractivity contribution in [2.24, 2.45) is 0 Å². The van der Waals surface area contributed by atoms with Gasteiger partial charge in [0, 0.05) is 11.3 Å². The highest BCUT2D eigenvalue weighted by atomic mass is 32.2. The number of hydrogen-bond donors (Lipinski definition) is 1. The summed E-state index contributed by atoms with van der Waals surface area (Å²) in [5.41, 5.74) is 0.548. The van der Waals surface area contributed by atoms with Gasteiger partial charge in [-0.15, -0.1) is 11.8 Å². The summed E-state index contributed by atoms with van der Waals surface area (Å²) >= 11 is 1.31. The lowest BCUT2D eigenvalue weighted by molar-refractivity contribution is -0.137. The van der Waals surface area contributed by atoms with Gasteiger partial charge in [0.1, 0.15) is 5.76 Å². The molecule has 4 nitrogen and oxygen atoms in total. The molecule has 0 saturated carbocycles. The van der Waals surface area contributed by atoms with E-state index >= 15 is 0 Å². The molecule has 0 aliphatic heterocycles. The second-order valence-electron chi connectivity index (χ2n) is 5.29. The summed E-state index contributed by atoms with van der Waals surface area (Å²) in [6, 6.07) is 4.92. The number of aromatic nitrogens is 1. The van der Waals surface area contributed by atoms with Crippen LogP contribution in [-0.4, -0.2) is 16.3 Å². The van der Waals surface area contributed by atoms with Gasteiger partial charge in [-0.1, -0.05) is 17.3 Å². The van der Waals surface area contributed by atoms with Gasteiger partial charge in [-0.2, -0.15) is 13.2 Å². The van der Waals surface area contributed by atoms with Crippen molar-refractivity contribution >= 4 is 23.4 Å². The van der Waals surface area contributed by atoms with Crippen LogP contribution in [0.1, 0.15) is 29.5 Å². The first kappa shape index (κ1) is 18.4. The Hall–Kier alpha value is -1.96. The number of amides is 1. The van der Waals surface area contributed by atoms with Crippen molar-refractivity contribution in [1.29, 1.82) is 0 Å². The number of carbonyl (C=O) groups is 1. The monoisotopic (exact) mass is 358 g/mol. The zero-order chi connectivity index (χ0) is 17.9. The summed E-state index contributed by atoms with van der Waals surface area (Å²) in [5, 5.41) is 5.66. The highest BCUT2D eigenvalue weighted by molar-refractivity contribution is 7.99. The molecule has 2 rings (SSSR count). The number of hydrogen-bond acceptors (Lipinski definition) is 4. The summed E-state index contributed by atoms with van der Waals surface area (Å²) < 4.78 is 43.9.